The Bertz CT molecular complexity index is 407. The number of urea groups is 1. The zero-order chi connectivity index (χ0) is 14.5. The van der Waals surface area contributed by atoms with Gasteiger partial charge in [0.05, 0.1) is 12.6 Å². The number of anilines is 1. The third-order valence-electron chi connectivity index (χ3n) is 2.80. The second-order valence-corrected chi connectivity index (χ2v) is 5.78. The third kappa shape index (κ3) is 5.30. The van der Waals surface area contributed by atoms with E-state index in [1.807, 2.05) is 31.2 Å². The second kappa shape index (κ2) is 6.57. The van der Waals surface area contributed by atoms with Crippen LogP contribution in [0.1, 0.15) is 33.3 Å². The number of methoxy groups -OCH3 is 1. The molecule has 4 heteroatoms. The summed E-state index contributed by atoms with van der Waals surface area (Å²) >= 11 is 0. The number of nitrogens with one attached hydrogen (secondary N) is 2. The number of amides is 2. The average Bonchev–Trinajstić information content (AvgIpc) is 2.28. The molecule has 19 heavy (non-hydrogen) atoms. The molecule has 2 N–H and O–H groups in total. The molecule has 4 nitrogen and oxygen atoms in total. The Labute approximate surface area is 115 Å². The molecule has 0 aromatic heterocycles. The Balaban J connectivity index is 2.56. The first-order valence-electron chi connectivity index (χ1n) is 6.50. The lowest BCUT2D eigenvalue weighted by Crippen LogP contribution is -2.38. The van der Waals surface area contributed by atoms with Crippen LogP contribution in [0.3, 0.4) is 0 Å². The third-order valence-corrected chi connectivity index (χ3v) is 2.80. The smallest absolute Gasteiger partial charge is 0.319 e. The van der Waals surface area contributed by atoms with Gasteiger partial charge in [-0.2, -0.15) is 0 Å². The Kier molecular flexibility index (Phi) is 5.36. The zero-order valence-electron chi connectivity index (χ0n) is 12.4. The van der Waals surface area contributed by atoms with Gasteiger partial charge < -0.3 is 15.4 Å². The van der Waals surface area contributed by atoms with Crippen molar-refractivity contribution in [2.24, 2.45) is 0 Å². The molecule has 0 bridgehead atoms. The molecule has 1 aromatic carbocycles. The molecule has 0 saturated carbocycles. The van der Waals surface area contributed by atoms with E-state index >= 15 is 0 Å². The fourth-order valence-electron chi connectivity index (χ4n) is 1.74. The normalized spacial score (nSPS) is 12.9. The summed E-state index contributed by atoms with van der Waals surface area (Å²) in [6.45, 7) is 8.87. The summed E-state index contributed by atoms with van der Waals surface area (Å²) < 4.78 is 4.97. The van der Waals surface area contributed by atoms with Crippen LogP contribution in [0.25, 0.3) is 0 Å². The second-order valence-electron chi connectivity index (χ2n) is 5.78. The van der Waals surface area contributed by atoms with Gasteiger partial charge in [0.25, 0.3) is 0 Å². The van der Waals surface area contributed by atoms with Gasteiger partial charge in [0.15, 0.2) is 0 Å². The molecular weight excluding hydrogens is 240 g/mol. The fraction of sp³-hybridized carbons (Fsp3) is 0.533. The SMILES string of the molecule is COCC(C)NC(=O)Nc1ccc(C(C)(C)C)cc1. The van der Waals surface area contributed by atoms with Crippen molar-refractivity contribution in [3.63, 3.8) is 0 Å². The van der Waals surface area contributed by atoms with Crippen LogP contribution in [0.4, 0.5) is 10.5 Å². The maximum atomic E-state index is 11.7. The van der Waals surface area contributed by atoms with E-state index in [2.05, 4.69) is 31.4 Å². The standard InChI is InChI=1S/C15H24N2O2/c1-11(10-19-5)16-14(18)17-13-8-6-12(7-9-13)15(2,3)4/h6-9,11H,10H2,1-5H3,(H2,16,17,18). The Morgan fingerprint density at radius 3 is 2.32 bits per heavy atom. The summed E-state index contributed by atoms with van der Waals surface area (Å²) in [4.78, 5) is 11.7. The molecule has 106 valence electrons. The van der Waals surface area contributed by atoms with Crippen molar-refractivity contribution in [2.75, 3.05) is 19.0 Å². The van der Waals surface area contributed by atoms with E-state index in [4.69, 9.17) is 4.74 Å². The number of ether oxygens (including phenoxy) is 1. The van der Waals surface area contributed by atoms with Crippen molar-refractivity contribution < 1.29 is 9.53 Å². The van der Waals surface area contributed by atoms with Crippen LogP contribution in [0.5, 0.6) is 0 Å². The van der Waals surface area contributed by atoms with Gasteiger partial charge in [0, 0.05) is 12.8 Å². The summed E-state index contributed by atoms with van der Waals surface area (Å²) in [5.74, 6) is 0. The molecule has 0 aliphatic rings. The van der Waals surface area contributed by atoms with Crippen LogP contribution in [0, 0.1) is 0 Å². The van der Waals surface area contributed by atoms with Crippen molar-refractivity contribution in [3.8, 4) is 0 Å². The van der Waals surface area contributed by atoms with Crippen LogP contribution in [0.15, 0.2) is 24.3 Å². The maximum Gasteiger partial charge on any atom is 0.319 e. The molecule has 0 radical (unpaired) electrons. The van der Waals surface area contributed by atoms with Gasteiger partial charge in [-0.25, -0.2) is 4.79 Å². The van der Waals surface area contributed by atoms with Gasteiger partial charge in [-0.15, -0.1) is 0 Å². The van der Waals surface area contributed by atoms with Crippen LogP contribution in [-0.4, -0.2) is 25.8 Å². The molecule has 0 spiro atoms. The molecule has 1 aromatic rings. The highest BCUT2D eigenvalue weighted by molar-refractivity contribution is 5.89. The van der Waals surface area contributed by atoms with Crippen molar-refractivity contribution in [1.82, 2.24) is 5.32 Å². The molecule has 1 rings (SSSR count). The van der Waals surface area contributed by atoms with Crippen molar-refractivity contribution in [2.45, 2.75) is 39.2 Å². The van der Waals surface area contributed by atoms with E-state index in [-0.39, 0.29) is 17.5 Å². The van der Waals surface area contributed by atoms with Gasteiger partial charge in [0.1, 0.15) is 0 Å². The topological polar surface area (TPSA) is 50.4 Å². The highest BCUT2D eigenvalue weighted by atomic mass is 16.5. The van der Waals surface area contributed by atoms with E-state index < -0.39 is 0 Å². The molecule has 0 aliphatic carbocycles. The van der Waals surface area contributed by atoms with Crippen LogP contribution >= 0.6 is 0 Å². The minimum absolute atomic E-state index is 0.0150. The summed E-state index contributed by atoms with van der Waals surface area (Å²) in [5.41, 5.74) is 2.15. The summed E-state index contributed by atoms with van der Waals surface area (Å²) in [6, 6.07) is 7.68. The zero-order valence-corrected chi connectivity index (χ0v) is 12.4. The van der Waals surface area contributed by atoms with Gasteiger partial charge >= 0.3 is 6.03 Å². The molecular formula is C15H24N2O2. The van der Waals surface area contributed by atoms with E-state index in [1.165, 1.54) is 5.56 Å². The lowest BCUT2D eigenvalue weighted by Gasteiger charge is -2.19. The molecule has 0 saturated heterocycles. The molecule has 0 aliphatic heterocycles. The van der Waals surface area contributed by atoms with Crippen LogP contribution in [0.2, 0.25) is 0 Å². The molecule has 0 fully saturated rings. The molecule has 1 atom stereocenters. The summed E-state index contributed by atoms with van der Waals surface area (Å²) in [5, 5.41) is 5.60. The molecule has 1 unspecified atom stereocenters. The monoisotopic (exact) mass is 264 g/mol. The van der Waals surface area contributed by atoms with Gasteiger partial charge in [-0.3, -0.25) is 0 Å². The van der Waals surface area contributed by atoms with E-state index in [1.54, 1.807) is 7.11 Å². The predicted molar refractivity (Wildman–Crippen MR) is 78.6 cm³/mol. The number of hydrogen-bond acceptors (Lipinski definition) is 2. The molecule has 0 heterocycles. The number of benzene rings is 1. The van der Waals surface area contributed by atoms with E-state index in [0.29, 0.717) is 6.61 Å². The number of carbonyl (C=O) groups excluding carboxylic acids is 1. The number of rotatable bonds is 4. The average molecular weight is 264 g/mol. The summed E-state index contributed by atoms with van der Waals surface area (Å²) in [6.07, 6.45) is 0. The molecule has 2 amide bonds. The van der Waals surface area contributed by atoms with Crippen molar-refractivity contribution in [3.05, 3.63) is 29.8 Å². The van der Waals surface area contributed by atoms with Crippen molar-refractivity contribution in [1.29, 1.82) is 0 Å². The van der Waals surface area contributed by atoms with E-state index in [0.717, 1.165) is 5.69 Å². The Morgan fingerprint density at radius 2 is 1.84 bits per heavy atom. The first-order valence-corrected chi connectivity index (χ1v) is 6.50. The highest BCUT2D eigenvalue weighted by Crippen LogP contribution is 2.23. The van der Waals surface area contributed by atoms with Crippen LogP contribution < -0.4 is 10.6 Å². The van der Waals surface area contributed by atoms with E-state index in [9.17, 15) is 4.79 Å². The van der Waals surface area contributed by atoms with Gasteiger partial charge in [-0.05, 0) is 30.0 Å². The predicted octanol–water partition coefficient (Wildman–Crippen LogP) is 3.14. The van der Waals surface area contributed by atoms with Crippen LogP contribution in [-0.2, 0) is 10.2 Å². The first kappa shape index (κ1) is 15.5. The quantitative estimate of drug-likeness (QED) is 0.877. The first-order chi connectivity index (χ1) is 8.82. The van der Waals surface area contributed by atoms with Crippen molar-refractivity contribution >= 4 is 11.7 Å². The summed E-state index contributed by atoms with van der Waals surface area (Å²) in [7, 11) is 1.61. The van der Waals surface area contributed by atoms with Gasteiger partial charge in [0.2, 0.25) is 0 Å². The van der Waals surface area contributed by atoms with Gasteiger partial charge in [-0.1, -0.05) is 32.9 Å². The lowest BCUT2D eigenvalue weighted by molar-refractivity contribution is 0.173. The lowest BCUT2D eigenvalue weighted by atomic mass is 9.87. The largest absolute Gasteiger partial charge is 0.383 e. The fourth-order valence-corrected chi connectivity index (χ4v) is 1.74. The maximum absolute atomic E-state index is 11.7. The number of carbonyl (C=O) groups is 1. The Hall–Kier alpha value is -1.55. The number of hydrogen-bond donors (Lipinski definition) is 2. The minimum atomic E-state index is -0.215. The Morgan fingerprint density at radius 1 is 1.26 bits per heavy atom. The minimum Gasteiger partial charge on any atom is -0.383 e. The highest BCUT2D eigenvalue weighted by Gasteiger charge is 2.13.